The minimum absolute atomic E-state index is 0.0890. The van der Waals surface area contributed by atoms with Crippen LogP contribution >= 0.6 is 0 Å². The Morgan fingerprint density at radius 1 is 1.38 bits per heavy atom. The Hall–Kier alpha value is -1.34. The number of rotatable bonds is 2. The number of nitrogens with one attached hydrogen (secondary N) is 1. The molecule has 0 aromatic heterocycles. The first-order chi connectivity index (χ1) is 9.75. The van der Waals surface area contributed by atoms with E-state index in [0.717, 1.165) is 12.8 Å². The Balaban J connectivity index is 1.89. The summed E-state index contributed by atoms with van der Waals surface area (Å²) in [5.74, 6) is 0.0890. The van der Waals surface area contributed by atoms with E-state index in [1.54, 1.807) is 9.91 Å². The van der Waals surface area contributed by atoms with Crippen molar-refractivity contribution in [2.75, 3.05) is 26.2 Å². The Bertz CT molecular complexity index is 411. The first kappa shape index (κ1) is 16.0. The molecule has 2 aliphatic heterocycles. The molecule has 0 saturated carbocycles. The highest BCUT2D eigenvalue weighted by Crippen LogP contribution is 2.31. The number of nitrogens with two attached hydrogens (primary N) is 1. The van der Waals surface area contributed by atoms with Gasteiger partial charge in [-0.2, -0.15) is 0 Å². The lowest BCUT2D eigenvalue weighted by atomic mass is 9.86. The van der Waals surface area contributed by atoms with Crippen LogP contribution in [-0.2, 0) is 9.53 Å². The predicted octanol–water partition coefficient (Wildman–Crippen LogP) is 0.452. The SMILES string of the molecule is CC(C)(C)OC(=O)N1CCC2(CC1)CC(=O)N(CCN)N2. The summed E-state index contributed by atoms with van der Waals surface area (Å²) in [7, 11) is 0. The number of amides is 2. The van der Waals surface area contributed by atoms with Gasteiger partial charge >= 0.3 is 6.09 Å². The molecule has 0 unspecified atom stereocenters. The summed E-state index contributed by atoms with van der Waals surface area (Å²) in [6, 6.07) is 0. The fraction of sp³-hybridized carbons (Fsp3) is 0.857. The summed E-state index contributed by atoms with van der Waals surface area (Å²) in [6.45, 7) is 7.75. The van der Waals surface area contributed by atoms with Crippen LogP contribution in [0.1, 0.15) is 40.0 Å². The van der Waals surface area contributed by atoms with E-state index in [2.05, 4.69) is 5.43 Å². The van der Waals surface area contributed by atoms with E-state index in [-0.39, 0.29) is 17.5 Å². The molecule has 3 N–H and O–H groups in total. The number of hydrogen-bond acceptors (Lipinski definition) is 5. The third kappa shape index (κ3) is 3.85. The highest BCUT2D eigenvalue weighted by molar-refractivity contribution is 5.79. The minimum atomic E-state index is -0.480. The van der Waals surface area contributed by atoms with Crippen molar-refractivity contribution in [1.29, 1.82) is 0 Å². The van der Waals surface area contributed by atoms with Gasteiger partial charge in [-0.15, -0.1) is 0 Å². The van der Waals surface area contributed by atoms with Crippen LogP contribution in [-0.4, -0.2) is 59.2 Å². The summed E-state index contributed by atoms with van der Waals surface area (Å²) in [4.78, 5) is 25.7. The monoisotopic (exact) mass is 298 g/mol. The topological polar surface area (TPSA) is 87.9 Å². The third-order valence-corrected chi connectivity index (χ3v) is 3.89. The number of hydrogen-bond donors (Lipinski definition) is 2. The average molecular weight is 298 g/mol. The van der Waals surface area contributed by atoms with E-state index in [0.29, 0.717) is 32.6 Å². The maximum Gasteiger partial charge on any atom is 0.410 e. The molecule has 0 radical (unpaired) electrons. The Kier molecular flexibility index (Phi) is 4.43. The summed E-state index contributed by atoms with van der Waals surface area (Å²) >= 11 is 0. The van der Waals surface area contributed by atoms with Crippen LogP contribution in [0.3, 0.4) is 0 Å². The van der Waals surface area contributed by atoms with Crippen LogP contribution in [0.15, 0.2) is 0 Å². The largest absolute Gasteiger partial charge is 0.444 e. The summed E-state index contributed by atoms with van der Waals surface area (Å²) in [5.41, 5.74) is 8.10. The molecule has 21 heavy (non-hydrogen) atoms. The molecule has 1 spiro atoms. The highest BCUT2D eigenvalue weighted by Gasteiger charge is 2.45. The lowest BCUT2D eigenvalue weighted by Gasteiger charge is -2.39. The van der Waals surface area contributed by atoms with Crippen molar-refractivity contribution in [3.8, 4) is 0 Å². The zero-order valence-corrected chi connectivity index (χ0v) is 13.1. The molecule has 7 nitrogen and oxygen atoms in total. The number of carbonyl (C=O) groups excluding carboxylic acids is 2. The molecule has 2 amide bonds. The van der Waals surface area contributed by atoms with Gasteiger partial charge in [0.2, 0.25) is 5.91 Å². The molecule has 0 aliphatic carbocycles. The molecule has 2 aliphatic rings. The fourth-order valence-electron chi connectivity index (χ4n) is 2.82. The van der Waals surface area contributed by atoms with E-state index in [1.807, 2.05) is 20.8 Å². The number of likely N-dealkylation sites (tertiary alicyclic amines) is 1. The van der Waals surface area contributed by atoms with E-state index < -0.39 is 5.60 Å². The van der Waals surface area contributed by atoms with Crippen LogP contribution in [0.5, 0.6) is 0 Å². The number of nitrogens with zero attached hydrogens (tertiary/aromatic N) is 2. The fourth-order valence-corrected chi connectivity index (χ4v) is 2.82. The molecule has 2 heterocycles. The molecule has 2 fully saturated rings. The second-order valence-electron chi connectivity index (χ2n) is 6.87. The maximum absolute atomic E-state index is 12.0. The zero-order valence-electron chi connectivity index (χ0n) is 13.1. The van der Waals surface area contributed by atoms with Crippen LogP contribution in [0.25, 0.3) is 0 Å². The van der Waals surface area contributed by atoms with Crippen LogP contribution in [0, 0.1) is 0 Å². The van der Waals surface area contributed by atoms with E-state index in [4.69, 9.17) is 10.5 Å². The van der Waals surface area contributed by atoms with Gasteiger partial charge in [-0.25, -0.2) is 10.2 Å². The first-order valence-corrected chi connectivity index (χ1v) is 7.51. The second-order valence-corrected chi connectivity index (χ2v) is 6.87. The number of carbonyl (C=O) groups is 2. The van der Waals surface area contributed by atoms with Crippen molar-refractivity contribution in [2.24, 2.45) is 5.73 Å². The van der Waals surface area contributed by atoms with Crippen molar-refractivity contribution in [3.63, 3.8) is 0 Å². The Morgan fingerprint density at radius 2 is 2.00 bits per heavy atom. The van der Waals surface area contributed by atoms with E-state index >= 15 is 0 Å². The van der Waals surface area contributed by atoms with Gasteiger partial charge in [-0.3, -0.25) is 9.80 Å². The molecule has 120 valence electrons. The second kappa shape index (κ2) is 5.81. The van der Waals surface area contributed by atoms with E-state index in [1.165, 1.54) is 0 Å². The third-order valence-electron chi connectivity index (χ3n) is 3.89. The molecular formula is C14H26N4O3. The Labute approximate surface area is 125 Å². The molecule has 2 rings (SSSR count). The van der Waals surface area contributed by atoms with Gasteiger partial charge in [-0.05, 0) is 33.6 Å². The van der Waals surface area contributed by atoms with Gasteiger partial charge in [0, 0.05) is 38.1 Å². The van der Waals surface area contributed by atoms with Crippen LogP contribution in [0.2, 0.25) is 0 Å². The minimum Gasteiger partial charge on any atom is -0.444 e. The van der Waals surface area contributed by atoms with Crippen molar-refractivity contribution >= 4 is 12.0 Å². The summed E-state index contributed by atoms with van der Waals surface area (Å²) < 4.78 is 5.38. The summed E-state index contributed by atoms with van der Waals surface area (Å²) in [5, 5.41) is 1.61. The lowest BCUT2D eigenvalue weighted by molar-refractivity contribution is -0.129. The van der Waals surface area contributed by atoms with Crippen molar-refractivity contribution < 1.29 is 14.3 Å². The number of piperidine rings is 1. The molecule has 7 heteroatoms. The number of ether oxygens (including phenoxy) is 1. The molecular weight excluding hydrogens is 272 g/mol. The van der Waals surface area contributed by atoms with Gasteiger partial charge in [0.25, 0.3) is 0 Å². The van der Waals surface area contributed by atoms with Crippen molar-refractivity contribution in [2.45, 2.75) is 51.2 Å². The van der Waals surface area contributed by atoms with Crippen molar-refractivity contribution in [3.05, 3.63) is 0 Å². The molecule has 0 atom stereocenters. The van der Waals surface area contributed by atoms with Crippen LogP contribution < -0.4 is 11.2 Å². The quantitative estimate of drug-likeness (QED) is 0.773. The molecule has 0 aromatic carbocycles. The Morgan fingerprint density at radius 3 is 2.52 bits per heavy atom. The standard InChI is InChI=1S/C14H26N4O3/c1-13(2,3)21-12(20)17-7-4-14(5-8-17)10-11(19)18(16-14)9-6-15/h16H,4-10,15H2,1-3H3. The van der Waals surface area contributed by atoms with Gasteiger partial charge in [0.15, 0.2) is 0 Å². The first-order valence-electron chi connectivity index (χ1n) is 7.51. The molecule has 0 bridgehead atoms. The lowest BCUT2D eigenvalue weighted by Crippen LogP contribution is -2.55. The van der Waals surface area contributed by atoms with Crippen molar-refractivity contribution in [1.82, 2.24) is 15.3 Å². The molecule has 2 saturated heterocycles. The van der Waals surface area contributed by atoms with Crippen LogP contribution in [0.4, 0.5) is 4.79 Å². The van der Waals surface area contributed by atoms with Gasteiger partial charge in [-0.1, -0.05) is 0 Å². The van der Waals surface area contributed by atoms with Gasteiger partial charge < -0.3 is 15.4 Å². The zero-order chi connectivity index (χ0) is 15.7. The average Bonchev–Trinajstić information content (AvgIpc) is 2.65. The van der Waals surface area contributed by atoms with Gasteiger partial charge in [0.1, 0.15) is 5.60 Å². The summed E-state index contributed by atoms with van der Waals surface area (Å²) in [6.07, 6.45) is 1.70. The predicted molar refractivity (Wildman–Crippen MR) is 78.3 cm³/mol. The van der Waals surface area contributed by atoms with E-state index in [9.17, 15) is 9.59 Å². The smallest absolute Gasteiger partial charge is 0.410 e. The highest BCUT2D eigenvalue weighted by atomic mass is 16.6. The van der Waals surface area contributed by atoms with Gasteiger partial charge in [0.05, 0.1) is 0 Å². The normalized spacial score (nSPS) is 22.0. The number of hydrazine groups is 1. The molecule has 0 aromatic rings. The maximum atomic E-state index is 12.0.